The van der Waals surface area contributed by atoms with E-state index in [2.05, 4.69) is 37.5 Å². The molecule has 0 saturated carbocycles. The molecular formula is C13H30N2. The molecule has 0 bridgehead atoms. The molecule has 0 amide bonds. The summed E-state index contributed by atoms with van der Waals surface area (Å²) in [4.78, 5) is 5.12. The highest BCUT2D eigenvalue weighted by molar-refractivity contribution is 4.75. The lowest BCUT2D eigenvalue weighted by Crippen LogP contribution is -2.48. The molecule has 1 saturated heterocycles. The van der Waals surface area contributed by atoms with Crippen molar-refractivity contribution in [2.45, 2.75) is 41.5 Å². The minimum atomic E-state index is 0.453. The molecule has 0 spiro atoms. The molecule has 1 aliphatic heterocycles. The van der Waals surface area contributed by atoms with Crippen LogP contribution in [0.15, 0.2) is 0 Å². The Morgan fingerprint density at radius 3 is 1.60 bits per heavy atom. The van der Waals surface area contributed by atoms with E-state index in [-0.39, 0.29) is 0 Å². The van der Waals surface area contributed by atoms with Crippen molar-refractivity contribution in [3.05, 3.63) is 0 Å². The molecule has 15 heavy (non-hydrogen) atoms. The van der Waals surface area contributed by atoms with Crippen molar-refractivity contribution < 1.29 is 0 Å². The van der Waals surface area contributed by atoms with E-state index in [1.807, 2.05) is 13.8 Å². The van der Waals surface area contributed by atoms with E-state index in [1.54, 1.807) is 0 Å². The summed E-state index contributed by atoms with van der Waals surface area (Å²) in [6.07, 6.45) is 0. The Bertz CT molecular complexity index is 141. The molecule has 1 heterocycles. The SMILES string of the molecule is CC.CCN1CCN(CC(C)(C)C)CC1. The fraction of sp³-hybridized carbons (Fsp3) is 1.00. The molecule has 0 aromatic carbocycles. The van der Waals surface area contributed by atoms with Crippen molar-refractivity contribution in [1.29, 1.82) is 0 Å². The van der Waals surface area contributed by atoms with E-state index in [0.717, 1.165) is 0 Å². The number of likely N-dealkylation sites (N-methyl/N-ethyl adjacent to an activating group) is 1. The van der Waals surface area contributed by atoms with Gasteiger partial charge in [-0.2, -0.15) is 0 Å². The van der Waals surface area contributed by atoms with Gasteiger partial charge in [0.2, 0.25) is 0 Å². The summed E-state index contributed by atoms with van der Waals surface area (Å²) in [5, 5.41) is 0. The summed E-state index contributed by atoms with van der Waals surface area (Å²) in [5.74, 6) is 0. The summed E-state index contributed by atoms with van der Waals surface area (Å²) in [6.45, 7) is 20.7. The summed E-state index contributed by atoms with van der Waals surface area (Å²) < 4.78 is 0. The van der Waals surface area contributed by atoms with E-state index in [0.29, 0.717) is 5.41 Å². The molecule has 92 valence electrons. The Morgan fingerprint density at radius 1 is 0.867 bits per heavy atom. The zero-order valence-corrected chi connectivity index (χ0v) is 11.6. The first-order chi connectivity index (χ1) is 7.01. The van der Waals surface area contributed by atoms with Gasteiger partial charge in [-0.1, -0.05) is 41.5 Å². The zero-order valence-electron chi connectivity index (χ0n) is 11.6. The van der Waals surface area contributed by atoms with Gasteiger partial charge in [-0.05, 0) is 12.0 Å². The van der Waals surface area contributed by atoms with Crippen LogP contribution in [0, 0.1) is 5.41 Å². The van der Waals surface area contributed by atoms with Crippen molar-refractivity contribution in [3.8, 4) is 0 Å². The smallest absolute Gasteiger partial charge is 0.0110 e. The van der Waals surface area contributed by atoms with Gasteiger partial charge in [0.25, 0.3) is 0 Å². The van der Waals surface area contributed by atoms with Crippen molar-refractivity contribution in [2.75, 3.05) is 39.3 Å². The van der Waals surface area contributed by atoms with Crippen LogP contribution in [-0.4, -0.2) is 49.1 Å². The lowest BCUT2D eigenvalue weighted by atomic mass is 9.96. The highest BCUT2D eigenvalue weighted by Gasteiger charge is 2.20. The lowest BCUT2D eigenvalue weighted by molar-refractivity contribution is 0.106. The normalized spacial score (nSPS) is 19.6. The maximum atomic E-state index is 2.59. The van der Waals surface area contributed by atoms with E-state index in [1.165, 1.54) is 39.3 Å². The lowest BCUT2D eigenvalue weighted by Gasteiger charge is -2.37. The van der Waals surface area contributed by atoms with Crippen LogP contribution in [0.3, 0.4) is 0 Å². The molecule has 0 N–H and O–H groups in total. The number of hydrogen-bond donors (Lipinski definition) is 0. The van der Waals surface area contributed by atoms with Crippen LogP contribution in [0.2, 0.25) is 0 Å². The van der Waals surface area contributed by atoms with Crippen LogP contribution in [0.4, 0.5) is 0 Å². The van der Waals surface area contributed by atoms with Crippen molar-refractivity contribution in [3.63, 3.8) is 0 Å². The number of hydrogen-bond acceptors (Lipinski definition) is 2. The zero-order chi connectivity index (χ0) is 11.9. The third-order valence-corrected chi connectivity index (χ3v) is 2.61. The van der Waals surface area contributed by atoms with Gasteiger partial charge in [0.05, 0.1) is 0 Å². The highest BCUT2D eigenvalue weighted by Crippen LogP contribution is 2.16. The highest BCUT2D eigenvalue weighted by atomic mass is 15.3. The van der Waals surface area contributed by atoms with Crippen LogP contribution in [0.25, 0.3) is 0 Å². The molecule has 2 heteroatoms. The van der Waals surface area contributed by atoms with Crippen LogP contribution < -0.4 is 0 Å². The van der Waals surface area contributed by atoms with E-state index >= 15 is 0 Å². The van der Waals surface area contributed by atoms with Crippen molar-refractivity contribution >= 4 is 0 Å². The molecule has 0 aliphatic carbocycles. The summed E-state index contributed by atoms with van der Waals surface area (Å²) in [5.41, 5.74) is 0.453. The fourth-order valence-corrected chi connectivity index (χ4v) is 1.93. The van der Waals surface area contributed by atoms with Gasteiger partial charge < -0.3 is 9.80 Å². The molecule has 0 radical (unpaired) electrons. The number of nitrogens with zero attached hydrogens (tertiary/aromatic N) is 2. The summed E-state index contributed by atoms with van der Waals surface area (Å²) >= 11 is 0. The second kappa shape index (κ2) is 7.24. The largest absolute Gasteiger partial charge is 0.301 e. The standard InChI is InChI=1S/C11H24N2.C2H6/c1-5-12-6-8-13(9-7-12)10-11(2,3)4;1-2/h5-10H2,1-4H3;1-2H3. The Kier molecular flexibility index (Phi) is 7.20. The average Bonchev–Trinajstić information content (AvgIpc) is 2.20. The van der Waals surface area contributed by atoms with Crippen LogP contribution in [0.5, 0.6) is 0 Å². The number of piperazine rings is 1. The third kappa shape index (κ3) is 6.91. The first-order valence-electron chi connectivity index (χ1n) is 6.46. The Labute approximate surface area is 96.6 Å². The molecule has 1 fully saturated rings. The second-order valence-electron chi connectivity index (χ2n) is 5.27. The predicted octanol–water partition coefficient (Wildman–Crippen LogP) is 2.70. The van der Waals surface area contributed by atoms with Gasteiger partial charge in [0, 0.05) is 32.7 Å². The molecular weight excluding hydrogens is 184 g/mol. The molecule has 2 nitrogen and oxygen atoms in total. The summed E-state index contributed by atoms with van der Waals surface area (Å²) in [6, 6.07) is 0. The molecule has 0 aromatic rings. The molecule has 0 atom stereocenters. The first-order valence-corrected chi connectivity index (χ1v) is 6.46. The first kappa shape index (κ1) is 14.9. The Morgan fingerprint density at radius 2 is 1.27 bits per heavy atom. The molecule has 1 aliphatic rings. The summed E-state index contributed by atoms with van der Waals surface area (Å²) in [7, 11) is 0. The van der Waals surface area contributed by atoms with E-state index < -0.39 is 0 Å². The van der Waals surface area contributed by atoms with Crippen molar-refractivity contribution in [1.82, 2.24) is 9.80 Å². The third-order valence-electron chi connectivity index (χ3n) is 2.61. The van der Waals surface area contributed by atoms with Crippen molar-refractivity contribution in [2.24, 2.45) is 5.41 Å². The van der Waals surface area contributed by atoms with E-state index in [4.69, 9.17) is 0 Å². The average molecular weight is 214 g/mol. The van der Waals surface area contributed by atoms with E-state index in [9.17, 15) is 0 Å². The topological polar surface area (TPSA) is 6.48 Å². The van der Waals surface area contributed by atoms with Gasteiger partial charge in [-0.15, -0.1) is 0 Å². The quantitative estimate of drug-likeness (QED) is 0.697. The maximum Gasteiger partial charge on any atom is 0.0110 e. The fourth-order valence-electron chi connectivity index (χ4n) is 1.93. The van der Waals surface area contributed by atoms with Gasteiger partial charge in [0.15, 0.2) is 0 Å². The second-order valence-corrected chi connectivity index (χ2v) is 5.27. The minimum absolute atomic E-state index is 0.453. The number of rotatable bonds is 2. The Hall–Kier alpha value is -0.0800. The maximum absolute atomic E-state index is 2.59. The molecule has 0 aromatic heterocycles. The van der Waals surface area contributed by atoms with Gasteiger partial charge in [-0.25, -0.2) is 0 Å². The molecule has 0 unspecified atom stereocenters. The van der Waals surface area contributed by atoms with Crippen LogP contribution >= 0.6 is 0 Å². The molecule has 1 rings (SSSR count). The Balaban J connectivity index is 0.000000921. The minimum Gasteiger partial charge on any atom is -0.301 e. The van der Waals surface area contributed by atoms with Crippen LogP contribution in [-0.2, 0) is 0 Å². The van der Waals surface area contributed by atoms with Crippen LogP contribution in [0.1, 0.15) is 41.5 Å². The van der Waals surface area contributed by atoms with Gasteiger partial charge in [-0.3, -0.25) is 0 Å². The van der Waals surface area contributed by atoms with Gasteiger partial charge >= 0.3 is 0 Å². The van der Waals surface area contributed by atoms with Gasteiger partial charge in [0.1, 0.15) is 0 Å². The monoisotopic (exact) mass is 214 g/mol. The predicted molar refractivity (Wildman–Crippen MR) is 69.4 cm³/mol.